The molecule has 3 rings (SSSR count). The third kappa shape index (κ3) is 3.38. The Balaban J connectivity index is 1.93. The zero-order chi connectivity index (χ0) is 16.6. The Bertz CT molecular complexity index is 782. The van der Waals surface area contributed by atoms with Gasteiger partial charge in [-0.2, -0.15) is 15.1 Å². The van der Waals surface area contributed by atoms with Crippen LogP contribution in [0.1, 0.15) is 25.8 Å². The number of halogens is 1. The topological polar surface area (TPSA) is 68.9 Å². The van der Waals surface area contributed by atoms with Gasteiger partial charge in [0.15, 0.2) is 5.84 Å². The molecular weight excluding hydrogens is 332 g/mol. The molecule has 0 saturated heterocycles. The van der Waals surface area contributed by atoms with E-state index < -0.39 is 5.91 Å². The molecule has 0 aliphatic carbocycles. The maximum atomic E-state index is 12.2. The summed E-state index contributed by atoms with van der Waals surface area (Å²) in [7, 11) is 0. The van der Waals surface area contributed by atoms with Crippen LogP contribution >= 0.6 is 23.4 Å². The van der Waals surface area contributed by atoms with Gasteiger partial charge in [-0.1, -0.05) is 37.6 Å². The van der Waals surface area contributed by atoms with Crippen molar-refractivity contribution in [2.75, 3.05) is 0 Å². The Morgan fingerprint density at radius 1 is 1.43 bits per heavy atom. The van der Waals surface area contributed by atoms with E-state index in [2.05, 4.69) is 23.9 Å². The van der Waals surface area contributed by atoms with Crippen molar-refractivity contribution < 1.29 is 4.79 Å². The largest absolute Gasteiger partial charge is 0.283 e. The summed E-state index contributed by atoms with van der Waals surface area (Å²) in [5.41, 5.74) is 0.966. The van der Waals surface area contributed by atoms with Gasteiger partial charge >= 0.3 is 0 Å². The predicted octanol–water partition coefficient (Wildman–Crippen LogP) is 4.01. The summed E-state index contributed by atoms with van der Waals surface area (Å²) >= 11 is 7.32. The molecule has 7 heteroatoms. The molecule has 0 fully saturated rings. The molecule has 1 aromatic rings. The predicted molar refractivity (Wildman–Crippen MR) is 95.9 cm³/mol. The number of rotatable bonds is 3. The van der Waals surface area contributed by atoms with Crippen molar-refractivity contribution in [2.45, 2.75) is 20.3 Å². The summed E-state index contributed by atoms with van der Waals surface area (Å²) in [6.07, 6.45) is 2.42. The monoisotopic (exact) mass is 346 g/mol. The molecule has 1 aromatic carbocycles. The van der Waals surface area contributed by atoms with Crippen LogP contribution in [0.2, 0.25) is 5.02 Å². The van der Waals surface area contributed by atoms with E-state index in [1.54, 1.807) is 24.3 Å². The van der Waals surface area contributed by atoms with Crippen molar-refractivity contribution in [3.8, 4) is 0 Å². The second-order valence-corrected chi connectivity index (χ2v) is 7.14. The number of hydrazone groups is 1. The second-order valence-electron chi connectivity index (χ2n) is 5.67. The van der Waals surface area contributed by atoms with Gasteiger partial charge in [0.25, 0.3) is 5.91 Å². The van der Waals surface area contributed by atoms with Gasteiger partial charge in [-0.15, -0.1) is 0 Å². The summed E-state index contributed by atoms with van der Waals surface area (Å²) in [6, 6.07) is 7.11. The van der Waals surface area contributed by atoms with E-state index in [0.29, 0.717) is 16.1 Å². The number of nitrogens with zero attached hydrogens (tertiary/aromatic N) is 3. The number of hydrogen-bond acceptors (Lipinski definition) is 4. The summed E-state index contributed by atoms with van der Waals surface area (Å²) in [6.45, 7) is 4.20. The molecule has 118 valence electrons. The maximum Gasteiger partial charge on any atom is 0.283 e. The molecule has 0 spiro atoms. The Morgan fingerprint density at radius 3 is 2.91 bits per heavy atom. The Morgan fingerprint density at radius 2 is 2.22 bits per heavy atom. The van der Waals surface area contributed by atoms with E-state index in [-0.39, 0.29) is 11.4 Å². The maximum absolute atomic E-state index is 12.2. The summed E-state index contributed by atoms with van der Waals surface area (Å²) in [5.74, 6) is 0.0792. The molecule has 0 atom stereocenters. The van der Waals surface area contributed by atoms with Crippen molar-refractivity contribution in [2.24, 2.45) is 16.0 Å². The molecule has 0 bridgehead atoms. The normalized spacial score (nSPS) is 19.3. The first-order valence-corrected chi connectivity index (χ1v) is 8.38. The highest BCUT2D eigenvalue weighted by Gasteiger charge is 2.35. The number of amidine groups is 2. The zero-order valence-corrected chi connectivity index (χ0v) is 14.3. The molecule has 2 aliphatic rings. The molecular formula is C16H15ClN4OS. The smallest absolute Gasteiger partial charge is 0.282 e. The third-order valence-electron chi connectivity index (χ3n) is 3.24. The molecule has 0 radical (unpaired) electrons. The minimum atomic E-state index is -0.422. The molecule has 1 N–H and O–H groups in total. The van der Waals surface area contributed by atoms with Crippen LogP contribution in [0.4, 0.5) is 0 Å². The van der Waals surface area contributed by atoms with E-state index >= 15 is 0 Å². The quantitative estimate of drug-likeness (QED) is 0.841. The average Bonchev–Trinajstić information content (AvgIpc) is 2.85. The van der Waals surface area contributed by atoms with Crippen LogP contribution in [-0.4, -0.2) is 27.0 Å². The number of aliphatic imine (C=N–C) groups is 1. The minimum Gasteiger partial charge on any atom is -0.282 e. The molecule has 0 unspecified atom stereocenters. The van der Waals surface area contributed by atoms with E-state index in [4.69, 9.17) is 17.0 Å². The van der Waals surface area contributed by atoms with Crippen LogP contribution < -0.4 is 0 Å². The molecule has 2 aliphatic heterocycles. The van der Waals surface area contributed by atoms with Crippen LogP contribution in [0.25, 0.3) is 6.08 Å². The van der Waals surface area contributed by atoms with E-state index in [1.807, 2.05) is 6.07 Å². The van der Waals surface area contributed by atoms with Crippen LogP contribution in [0.5, 0.6) is 0 Å². The van der Waals surface area contributed by atoms with E-state index in [9.17, 15) is 4.79 Å². The molecule has 5 nitrogen and oxygen atoms in total. The SMILES string of the molecule is CC(C)CC1=NN2C(=N)C(=Cc3cccc(Cl)c3)C(=O)N=C2S1. The first-order chi connectivity index (χ1) is 10.9. The number of hydrogen-bond donors (Lipinski definition) is 1. The third-order valence-corrected chi connectivity index (χ3v) is 4.40. The van der Waals surface area contributed by atoms with Crippen molar-refractivity contribution in [3.05, 3.63) is 40.4 Å². The fraction of sp³-hybridized carbons (Fsp3) is 0.250. The van der Waals surface area contributed by atoms with Gasteiger partial charge in [0, 0.05) is 11.4 Å². The average molecular weight is 347 g/mol. The number of fused-ring (bicyclic) bond motifs is 1. The highest BCUT2D eigenvalue weighted by atomic mass is 35.5. The van der Waals surface area contributed by atoms with Crippen molar-refractivity contribution in [3.63, 3.8) is 0 Å². The van der Waals surface area contributed by atoms with E-state index in [1.165, 1.54) is 16.8 Å². The summed E-state index contributed by atoms with van der Waals surface area (Å²) in [5, 5.41) is 16.0. The zero-order valence-electron chi connectivity index (χ0n) is 12.7. The molecule has 2 heterocycles. The van der Waals surface area contributed by atoms with Crippen LogP contribution in [0.15, 0.2) is 39.9 Å². The standard InChI is InChI=1S/C16H15ClN4OS/c1-9(2)6-13-20-21-14(18)12(15(22)19-16(21)23-13)8-10-4-3-5-11(17)7-10/h3-5,7-9,18H,6H2,1-2H3. The lowest BCUT2D eigenvalue weighted by Gasteiger charge is -2.20. The fourth-order valence-electron chi connectivity index (χ4n) is 2.23. The van der Waals surface area contributed by atoms with Gasteiger partial charge < -0.3 is 0 Å². The van der Waals surface area contributed by atoms with Crippen molar-refractivity contribution in [1.82, 2.24) is 5.01 Å². The van der Waals surface area contributed by atoms with Crippen molar-refractivity contribution in [1.29, 1.82) is 5.41 Å². The fourth-order valence-corrected chi connectivity index (χ4v) is 3.52. The van der Waals surface area contributed by atoms with Gasteiger partial charge in [0.1, 0.15) is 5.04 Å². The number of amides is 1. The van der Waals surface area contributed by atoms with Gasteiger partial charge in [-0.25, -0.2) is 0 Å². The number of thioether (sulfide) groups is 1. The Labute approximate surface area is 143 Å². The molecule has 0 aromatic heterocycles. The van der Waals surface area contributed by atoms with Gasteiger partial charge in [-0.05, 0) is 41.5 Å². The molecule has 23 heavy (non-hydrogen) atoms. The first kappa shape index (κ1) is 16.0. The first-order valence-electron chi connectivity index (χ1n) is 7.18. The lowest BCUT2D eigenvalue weighted by Crippen LogP contribution is -2.35. The van der Waals surface area contributed by atoms with Gasteiger partial charge in [0.2, 0.25) is 5.17 Å². The van der Waals surface area contributed by atoms with Gasteiger partial charge in [0.05, 0.1) is 5.57 Å². The number of benzene rings is 1. The number of carbonyl (C=O) groups is 1. The number of nitrogens with one attached hydrogen (secondary N) is 1. The van der Waals surface area contributed by atoms with Crippen LogP contribution in [0, 0.1) is 11.3 Å². The highest BCUT2D eigenvalue weighted by molar-refractivity contribution is 8.26. The summed E-state index contributed by atoms with van der Waals surface area (Å²) in [4.78, 5) is 16.3. The lowest BCUT2D eigenvalue weighted by molar-refractivity contribution is -0.114. The van der Waals surface area contributed by atoms with Crippen molar-refractivity contribution >= 4 is 51.4 Å². The highest BCUT2D eigenvalue weighted by Crippen LogP contribution is 2.30. The van der Waals surface area contributed by atoms with E-state index in [0.717, 1.165) is 17.0 Å². The minimum absolute atomic E-state index is 0.0474. The van der Waals surface area contributed by atoms with Crippen LogP contribution in [0.3, 0.4) is 0 Å². The Kier molecular flexibility index (Phi) is 4.37. The molecule has 0 saturated carbocycles. The Hall–Kier alpha value is -1.92. The number of carbonyl (C=O) groups excluding carboxylic acids is 1. The van der Waals surface area contributed by atoms with Gasteiger partial charge in [-0.3, -0.25) is 10.2 Å². The summed E-state index contributed by atoms with van der Waals surface area (Å²) < 4.78 is 0. The second kappa shape index (κ2) is 6.29. The molecule has 1 amide bonds. The lowest BCUT2D eigenvalue weighted by atomic mass is 10.1. The van der Waals surface area contributed by atoms with Crippen LogP contribution in [-0.2, 0) is 4.79 Å².